The van der Waals surface area contributed by atoms with Gasteiger partial charge >= 0.3 is 0 Å². The van der Waals surface area contributed by atoms with Crippen LogP contribution >= 0.6 is 0 Å². The number of carbonyl (C=O) groups is 1. The molecule has 0 unspecified atom stereocenters. The third kappa shape index (κ3) is 4.56. The van der Waals surface area contributed by atoms with E-state index in [9.17, 15) is 4.79 Å². The van der Waals surface area contributed by atoms with Gasteiger partial charge in [-0.15, -0.1) is 10.2 Å². The molecule has 2 aromatic carbocycles. The molecule has 4 aromatic rings. The molecule has 2 N–H and O–H groups in total. The summed E-state index contributed by atoms with van der Waals surface area (Å²) in [4.78, 5) is 12.2. The molecular formula is C21H17N5O3. The second-order valence-corrected chi connectivity index (χ2v) is 6.12. The van der Waals surface area contributed by atoms with Crippen LogP contribution in [0.3, 0.4) is 0 Å². The summed E-state index contributed by atoms with van der Waals surface area (Å²) in [5.74, 6) is 2.34. The average molecular weight is 387 g/mol. The largest absolute Gasteiger partial charge is 0.455 e. The van der Waals surface area contributed by atoms with Gasteiger partial charge in [0.1, 0.15) is 11.5 Å². The normalized spacial score (nSPS) is 10.4. The fraction of sp³-hybridized carbons (Fsp3) is 0.0476. The lowest BCUT2D eigenvalue weighted by atomic mass is 10.2. The maximum atomic E-state index is 12.2. The summed E-state index contributed by atoms with van der Waals surface area (Å²) in [5.41, 5.74) is 0.881. The SMILES string of the molecule is Cc1cc(NC(=O)c2ccc(Nc3ccccc3Oc3ccccc3)nn2)no1. The van der Waals surface area contributed by atoms with E-state index in [1.165, 1.54) is 0 Å². The van der Waals surface area contributed by atoms with Crippen LogP contribution in [0.5, 0.6) is 11.5 Å². The Labute approximate surface area is 166 Å². The summed E-state index contributed by atoms with van der Waals surface area (Å²) in [6, 6.07) is 21.8. The number of para-hydroxylation sites is 3. The van der Waals surface area contributed by atoms with Crippen molar-refractivity contribution < 1.29 is 14.1 Å². The van der Waals surface area contributed by atoms with E-state index in [2.05, 4.69) is 26.0 Å². The third-order valence-electron chi connectivity index (χ3n) is 3.89. The number of aryl methyl sites for hydroxylation is 1. The molecule has 0 fully saturated rings. The molecule has 0 spiro atoms. The molecule has 0 aliphatic heterocycles. The molecule has 0 aliphatic rings. The molecule has 1 amide bonds. The molecule has 0 aliphatic carbocycles. The smallest absolute Gasteiger partial charge is 0.277 e. The number of aromatic nitrogens is 3. The van der Waals surface area contributed by atoms with Gasteiger partial charge in [0.05, 0.1) is 5.69 Å². The number of nitrogens with one attached hydrogen (secondary N) is 2. The quantitative estimate of drug-likeness (QED) is 0.500. The van der Waals surface area contributed by atoms with Crippen LogP contribution in [0.2, 0.25) is 0 Å². The number of amides is 1. The van der Waals surface area contributed by atoms with Gasteiger partial charge in [-0.2, -0.15) is 0 Å². The van der Waals surface area contributed by atoms with Crippen LogP contribution in [0.15, 0.2) is 77.3 Å². The molecule has 8 heteroatoms. The Hall–Kier alpha value is -4.20. The fourth-order valence-corrected chi connectivity index (χ4v) is 2.54. The zero-order valence-electron chi connectivity index (χ0n) is 15.5. The second-order valence-electron chi connectivity index (χ2n) is 6.12. The van der Waals surface area contributed by atoms with E-state index < -0.39 is 5.91 Å². The van der Waals surface area contributed by atoms with E-state index >= 15 is 0 Å². The minimum atomic E-state index is -0.426. The van der Waals surface area contributed by atoms with Gasteiger partial charge in [-0.05, 0) is 43.3 Å². The van der Waals surface area contributed by atoms with Crippen molar-refractivity contribution >= 4 is 23.2 Å². The molecule has 0 saturated heterocycles. The van der Waals surface area contributed by atoms with Gasteiger partial charge in [0.15, 0.2) is 23.1 Å². The number of hydrogen-bond donors (Lipinski definition) is 2. The van der Waals surface area contributed by atoms with Gasteiger partial charge in [0, 0.05) is 6.07 Å². The predicted octanol–water partition coefficient (Wildman–Crippen LogP) is 4.56. The van der Waals surface area contributed by atoms with Crippen molar-refractivity contribution in [2.75, 3.05) is 10.6 Å². The topological polar surface area (TPSA) is 102 Å². The average Bonchev–Trinajstić information content (AvgIpc) is 3.15. The molecule has 2 heterocycles. The highest BCUT2D eigenvalue weighted by Crippen LogP contribution is 2.30. The first kappa shape index (κ1) is 18.2. The lowest BCUT2D eigenvalue weighted by molar-refractivity contribution is 0.102. The zero-order chi connectivity index (χ0) is 20.1. The van der Waals surface area contributed by atoms with Crippen LogP contribution in [0.25, 0.3) is 0 Å². The van der Waals surface area contributed by atoms with Gasteiger partial charge in [0.2, 0.25) is 0 Å². The van der Waals surface area contributed by atoms with E-state index in [-0.39, 0.29) is 5.69 Å². The lowest BCUT2D eigenvalue weighted by Gasteiger charge is -2.12. The van der Waals surface area contributed by atoms with Gasteiger partial charge in [-0.1, -0.05) is 35.5 Å². The van der Waals surface area contributed by atoms with E-state index in [0.29, 0.717) is 23.1 Å². The van der Waals surface area contributed by atoms with E-state index in [4.69, 9.17) is 9.26 Å². The predicted molar refractivity (Wildman–Crippen MR) is 107 cm³/mol. The number of carbonyl (C=O) groups excluding carboxylic acids is 1. The fourth-order valence-electron chi connectivity index (χ4n) is 2.54. The first-order chi connectivity index (χ1) is 14.2. The van der Waals surface area contributed by atoms with Gasteiger partial charge in [0.25, 0.3) is 5.91 Å². The van der Waals surface area contributed by atoms with Gasteiger partial charge in [-0.25, -0.2) is 0 Å². The van der Waals surface area contributed by atoms with Gasteiger partial charge < -0.3 is 19.9 Å². The highest BCUT2D eigenvalue weighted by Gasteiger charge is 2.12. The summed E-state index contributed by atoms with van der Waals surface area (Å²) in [5, 5.41) is 17.5. The molecule has 29 heavy (non-hydrogen) atoms. The van der Waals surface area contributed by atoms with Gasteiger partial charge in [-0.3, -0.25) is 4.79 Å². The standard InChI is InChI=1S/C21H17N5O3/c1-14-13-20(26-29-14)23-21(27)17-11-12-19(25-24-17)22-16-9-5-6-10-18(16)28-15-7-3-2-4-8-15/h2-13H,1H3,(H,22,25)(H,23,26,27). The first-order valence-electron chi connectivity index (χ1n) is 8.85. The molecule has 0 bridgehead atoms. The van der Waals surface area contributed by atoms with Crippen molar-refractivity contribution in [1.82, 2.24) is 15.4 Å². The Morgan fingerprint density at radius 3 is 2.45 bits per heavy atom. The highest BCUT2D eigenvalue weighted by atomic mass is 16.5. The number of anilines is 3. The number of ether oxygens (including phenoxy) is 1. The van der Waals surface area contributed by atoms with Crippen molar-refractivity contribution in [3.8, 4) is 11.5 Å². The van der Waals surface area contributed by atoms with Crippen molar-refractivity contribution in [1.29, 1.82) is 0 Å². The Bertz CT molecular complexity index is 1110. The molecule has 0 radical (unpaired) electrons. The van der Waals surface area contributed by atoms with E-state index in [0.717, 1.165) is 11.4 Å². The Morgan fingerprint density at radius 1 is 0.931 bits per heavy atom. The number of nitrogens with zero attached hydrogens (tertiary/aromatic N) is 3. The summed E-state index contributed by atoms with van der Waals surface area (Å²) in [6.07, 6.45) is 0. The van der Waals surface area contributed by atoms with Crippen LogP contribution in [0, 0.1) is 6.92 Å². The first-order valence-corrected chi connectivity index (χ1v) is 8.85. The molecule has 8 nitrogen and oxygen atoms in total. The maximum Gasteiger partial charge on any atom is 0.277 e. The monoisotopic (exact) mass is 387 g/mol. The van der Waals surface area contributed by atoms with Crippen molar-refractivity contribution in [2.24, 2.45) is 0 Å². The Kier molecular flexibility index (Phi) is 5.15. The molecule has 2 aromatic heterocycles. The van der Waals surface area contributed by atoms with Crippen LogP contribution in [-0.4, -0.2) is 21.3 Å². The third-order valence-corrected chi connectivity index (χ3v) is 3.89. The summed E-state index contributed by atoms with van der Waals surface area (Å²) >= 11 is 0. The minimum Gasteiger partial charge on any atom is -0.455 e. The van der Waals surface area contributed by atoms with Crippen LogP contribution in [-0.2, 0) is 0 Å². The van der Waals surface area contributed by atoms with Crippen molar-refractivity contribution in [3.63, 3.8) is 0 Å². The molecule has 4 rings (SSSR count). The van der Waals surface area contributed by atoms with Crippen molar-refractivity contribution in [2.45, 2.75) is 6.92 Å². The van der Waals surface area contributed by atoms with Crippen molar-refractivity contribution in [3.05, 3.63) is 84.3 Å². The number of hydrogen-bond acceptors (Lipinski definition) is 7. The molecule has 0 atom stereocenters. The summed E-state index contributed by atoms with van der Waals surface area (Å²) in [6.45, 7) is 1.74. The van der Waals surface area contributed by atoms with E-state index in [1.54, 1.807) is 25.1 Å². The second kappa shape index (κ2) is 8.22. The summed E-state index contributed by atoms with van der Waals surface area (Å²) in [7, 11) is 0. The zero-order valence-corrected chi connectivity index (χ0v) is 15.5. The lowest BCUT2D eigenvalue weighted by Crippen LogP contribution is -2.14. The number of rotatable bonds is 6. The molecule has 144 valence electrons. The van der Waals surface area contributed by atoms with Crippen LogP contribution in [0.4, 0.5) is 17.3 Å². The Balaban J connectivity index is 1.46. The van der Waals surface area contributed by atoms with Crippen LogP contribution in [0.1, 0.15) is 16.2 Å². The van der Waals surface area contributed by atoms with Crippen LogP contribution < -0.4 is 15.4 Å². The molecule has 0 saturated carbocycles. The Morgan fingerprint density at radius 2 is 1.72 bits per heavy atom. The minimum absolute atomic E-state index is 0.157. The van der Waals surface area contributed by atoms with E-state index in [1.807, 2.05) is 54.6 Å². The highest BCUT2D eigenvalue weighted by molar-refractivity contribution is 6.02. The number of benzene rings is 2. The summed E-state index contributed by atoms with van der Waals surface area (Å²) < 4.78 is 10.8. The molecular weight excluding hydrogens is 370 g/mol. The maximum absolute atomic E-state index is 12.2.